The van der Waals surface area contributed by atoms with E-state index in [9.17, 15) is 5.11 Å². The van der Waals surface area contributed by atoms with Crippen LogP contribution < -0.4 is 15.2 Å². The molecule has 2 rings (SSSR count). The van der Waals surface area contributed by atoms with Gasteiger partial charge in [0.05, 0.1) is 14.2 Å². The number of phenols is 1. The zero-order valence-corrected chi connectivity index (χ0v) is 10.5. The number of hydrogen-bond acceptors (Lipinski definition) is 4. The van der Waals surface area contributed by atoms with Gasteiger partial charge in [0.1, 0.15) is 0 Å². The van der Waals surface area contributed by atoms with Gasteiger partial charge in [0.15, 0.2) is 11.5 Å². The number of phenolic OH excluding ortho intramolecular Hbond substituents is 1. The normalized spacial score (nSPS) is 18.6. The Kier molecular flexibility index (Phi) is 2.91. The van der Waals surface area contributed by atoms with E-state index in [-0.39, 0.29) is 17.2 Å². The first-order chi connectivity index (χ1) is 8.05. The molecule has 1 aliphatic carbocycles. The Bertz CT molecular complexity index is 425. The molecule has 94 valence electrons. The SMILES string of the molecule is COc1cc(C2(C(C)N)CC2)cc(O)c1OC. The smallest absolute Gasteiger partial charge is 0.203 e. The largest absolute Gasteiger partial charge is 0.504 e. The summed E-state index contributed by atoms with van der Waals surface area (Å²) in [5, 5.41) is 9.93. The molecule has 0 aromatic heterocycles. The van der Waals surface area contributed by atoms with Crippen LogP contribution in [-0.4, -0.2) is 25.4 Å². The number of rotatable bonds is 4. The van der Waals surface area contributed by atoms with Crippen LogP contribution in [0, 0.1) is 0 Å². The number of nitrogens with two attached hydrogens (primary N) is 1. The van der Waals surface area contributed by atoms with Gasteiger partial charge < -0.3 is 20.3 Å². The molecule has 0 spiro atoms. The highest BCUT2D eigenvalue weighted by Gasteiger charge is 2.48. The van der Waals surface area contributed by atoms with Crippen molar-refractivity contribution in [3.05, 3.63) is 17.7 Å². The summed E-state index contributed by atoms with van der Waals surface area (Å²) in [4.78, 5) is 0. The molecule has 4 nitrogen and oxygen atoms in total. The Morgan fingerprint density at radius 1 is 1.29 bits per heavy atom. The predicted molar refractivity (Wildman–Crippen MR) is 65.8 cm³/mol. The van der Waals surface area contributed by atoms with Gasteiger partial charge in [-0.2, -0.15) is 0 Å². The van der Waals surface area contributed by atoms with Crippen molar-refractivity contribution in [2.75, 3.05) is 14.2 Å². The van der Waals surface area contributed by atoms with Crippen LogP contribution in [-0.2, 0) is 5.41 Å². The molecular formula is C13H19NO3. The highest BCUT2D eigenvalue weighted by Crippen LogP contribution is 2.53. The lowest BCUT2D eigenvalue weighted by molar-refractivity contribution is 0.331. The number of ether oxygens (including phenoxy) is 2. The maximum atomic E-state index is 9.93. The molecule has 1 aliphatic rings. The lowest BCUT2D eigenvalue weighted by Gasteiger charge is -2.22. The van der Waals surface area contributed by atoms with Gasteiger partial charge in [0.2, 0.25) is 5.75 Å². The summed E-state index contributed by atoms with van der Waals surface area (Å²) in [7, 11) is 3.07. The molecule has 1 atom stereocenters. The molecular weight excluding hydrogens is 218 g/mol. The van der Waals surface area contributed by atoms with Gasteiger partial charge in [0, 0.05) is 11.5 Å². The minimum Gasteiger partial charge on any atom is -0.504 e. The van der Waals surface area contributed by atoms with Gasteiger partial charge in [-0.15, -0.1) is 0 Å². The van der Waals surface area contributed by atoms with Crippen molar-refractivity contribution < 1.29 is 14.6 Å². The van der Waals surface area contributed by atoms with Crippen molar-refractivity contribution in [2.24, 2.45) is 5.73 Å². The van der Waals surface area contributed by atoms with E-state index in [0.29, 0.717) is 11.5 Å². The Balaban J connectivity index is 2.47. The molecule has 0 heterocycles. The van der Waals surface area contributed by atoms with Gasteiger partial charge >= 0.3 is 0 Å². The van der Waals surface area contributed by atoms with Crippen molar-refractivity contribution in [3.63, 3.8) is 0 Å². The van der Waals surface area contributed by atoms with Crippen LogP contribution in [0.15, 0.2) is 12.1 Å². The summed E-state index contributed by atoms with van der Waals surface area (Å²) in [6, 6.07) is 3.71. The second-order valence-electron chi connectivity index (χ2n) is 4.68. The van der Waals surface area contributed by atoms with E-state index in [1.807, 2.05) is 13.0 Å². The first kappa shape index (κ1) is 12.0. The third kappa shape index (κ3) is 1.82. The molecule has 0 radical (unpaired) electrons. The Morgan fingerprint density at radius 3 is 2.35 bits per heavy atom. The lowest BCUT2D eigenvalue weighted by atomic mass is 9.89. The lowest BCUT2D eigenvalue weighted by Crippen LogP contribution is -2.31. The number of hydrogen-bond donors (Lipinski definition) is 2. The average Bonchev–Trinajstić information content (AvgIpc) is 3.08. The first-order valence-electron chi connectivity index (χ1n) is 5.76. The van der Waals surface area contributed by atoms with E-state index in [1.54, 1.807) is 13.2 Å². The fourth-order valence-corrected chi connectivity index (χ4v) is 2.37. The van der Waals surface area contributed by atoms with Crippen LogP contribution in [0.4, 0.5) is 0 Å². The maximum absolute atomic E-state index is 9.93. The predicted octanol–water partition coefficient (Wildman–Crippen LogP) is 1.79. The molecule has 4 heteroatoms. The molecule has 0 amide bonds. The average molecular weight is 237 g/mol. The van der Waals surface area contributed by atoms with E-state index in [2.05, 4.69) is 0 Å². The molecule has 1 fully saturated rings. The highest BCUT2D eigenvalue weighted by atomic mass is 16.5. The number of methoxy groups -OCH3 is 2. The number of benzene rings is 1. The Hall–Kier alpha value is -1.42. The molecule has 1 aromatic carbocycles. The zero-order valence-electron chi connectivity index (χ0n) is 10.5. The van der Waals surface area contributed by atoms with Gasteiger partial charge in [0.25, 0.3) is 0 Å². The number of aromatic hydroxyl groups is 1. The van der Waals surface area contributed by atoms with E-state index in [0.717, 1.165) is 18.4 Å². The van der Waals surface area contributed by atoms with Crippen molar-refractivity contribution >= 4 is 0 Å². The quantitative estimate of drug-likeness (QED) is 0.838. The molecule has 0 aliphatic heterocycles. The summed E-state index contributed by atoms with van der Waals surface area (Å²) in [6.45, 7) is 2.00. The van der Waals surface area contributed by atoms with Crippen molar-refractivity contribution in [1.29, 1.82) is 0 Å². The fourth-order valence-electron chi connectivity index (χ4n) is 2.37. The third-order valence-electron chi connectivity index (χ3n) is 3.69. The van der Waals surface area contributed by atoms with E-state index >= 15 is 0 Å². The van der Waals surface area contributed by atoms with Crippen molar-refractivity contribution in [3.8, 4) is 17.2 Å². The summed E-state index contributed by atoms with van der Waals surface area (Å²) in [6.07, 6.45) is 2.11. The molecule has 1 aromatic rings. The van der Waals surface area contributed by atoms with Gasteiger partial charge in [-0.25, -0.2) is 0 Å². The van der Waals surface area contributed by atoms with Crippen molar-refractivity contribution in [2.45, 2.75) is 31.2 Å². The standard InChI is InChI=1S/C13H19NO3/c1-8(14)13(4-5-13)9-6-10(15)12(17-3)11(7-9)16-2/h6-8,15H,4-5,14H2,1-3H3. The van der Waals surface area contributed by atoms with Gasteiger partial charge in [-0.05, 0) is 37.5 Å². The summed E-state index contributed by atoms with van der Waals surface area (Å²) >= 11 is 0. The van der Waals surface area contributed by atoms with Crippen LogP contribution >= 0.6 is 0 Å². The Labute approximate surface area is 101 Å². The summed E-state index contributed by atoms with van der Waals surface area (Å²) < 4.78 is 10.3. The second kappa shape index (κ2) is 4.11. The third-order valence-corrected chi connectivity index (χ3v) is 3.69. The molecule has 1 saturated carbocycles. The zero-order chi connectivity index (χ0) is 12.6. The van der Waals surface area contributed by atoms with Crippen LogP contribution in [0.1, 0.15) is 25.3 Å². The minimum atomic E-state index is -0.00295. The summed E-state index contributed by atoms with van der Waals surface area (Å²) in [5.41, 5.74) is 7.05. The highest BCUT2D eigenvalue weighted by molar-refractivity contribution is 5.55. The van der Waals surface area contributed by atoms with Crippen molar-refractivity contribution in [1.82, 2.24) is 0 Å². The minimum absolute atomic E-state index is 0.00295. The topological polar surface area (TPSA) is 64.7 Å². The van der Waals surface area contributed by atoms with Crippen LogP contribution in [0.5, 0.6) is 17.2 Å². The van der Waals surface area contributed by atoms with Crippen LogP contribution in [0.2, 0.25) is 0 Å². The van der Waals surface area contributed by atoms with E-state index in [1.165, 1.54) is 7.11 Å². The molecule has 1 unspecified atom stereocenters. The summed E-state index contributed by atoms with van der Waals surface area (Å²) in [5.74, 6) is 1.03. The van der Waals surface area contributed by atoms with Crippen LogP contribution in [0.3, 0.4) is 0 Å². The molecule has 0 saturated heterocycles. The van der Waals surface area contributed by atoms with E-state index < -0.39 is 0 Å². The van der Waals surface area contributed by atoms with Gasteiger partial charge in [-0.1, -0.05) is 0 Å². The maximum Gasteiger partial charge on any atom is 0.203 e. The first-order valence-corrected chi connectivity index (χ1v) is 5.76. The molecule has 17 heavy (non-hydrogen) atoms. The van der Waals surface area contributed by atoms with Crippen LogP contribution in [0.25, 0.3) is 0 Å². The monoisotopic (exact) mass is 237 g/mol. The fraction of sp³-hybridized carbons (Fsp3) is 0.538. The van der Waals surface area contributed by atoms with Gasteiger partial charge in [-0.3, -0.25) is 0 Å². The molecule has 3 N–H and O–H groups in total. The second-order valence-corrected chi connectivity index (χ2v) is 4.68. The molecule has 0 bridgehead atoms. The van der Waals surface area contributed by atoms with E-state index in [4.69, 9.17) is 15.2 Å². The Morgan fingerprint density at radius 2 is 1.94 bits per heavy atom.